The average Bonchev–Trinajstić information content (AvgIpc) is 3.78. The van der Waals surface area contributed by atoms with Crippen LogP contribution in [0.15, 0.2) is 192 Å². The molecule has 0 amide bonds. The molecule has 0 radical (unpaired) electrons. The van der Waals surface area contributed by atoms with Crippen molar-refractivity contribution in [2.45, 2.75) is 9.79 Å². The van der Waals surface area contributed by atoms with Crippen molar-refractivity contribution in [3.8, 4) is 34.0 Å². The van der Waals surface area contributed by atoms with Gasteiger partial charge >= 0.3 is 0 Å². The molecule has 0 N–H and O–H groups in total. The standard InChI is InChI=1S/C52H30N4S/c1-2-13-34-33(12-1)30-47(36-15-4-3-14-35(34)36)55-43-20-8-5-16-37(43)39-26-24-32(29-46(39)55)31-25-27-45-41(28-31)38-17-6-9-21-44(38)56(45)52-53-42-19-11-23-49-50(42)51(54-52)40-18-7-10-22-48(40)57-49/h1-30H. The molecule has 3 aromatic heterocycles. The molecule has 57 heavy (non-hydrogen) atoms. The number of para-hydroxylation sites is 2. The number of nitrogens with zero attached hydrogens (tertiary/aromatic N) is 4. The SMILES string of the molecule is c1ccc2c(c1)Sc1cccc3nc(-n4c5ccccc5c5cc(-c6ccc7c8ccccc8n(-c8cc9ccccc9c9ccccc89)c7c6)ccc54)nc-2c13. The van der Waals surface area contributed by atoms with Crippen molar-refractivity contribution in [2.75, 3.05) is 0 Å². The highest BCUT2D eigenvalue weighted by molar-refractivity contribution is 7.99. The highest BCUT2D eigenvalue weighted by atomic mass is 32.2. The average molecular weight is 743 g/mol. The molecule has 0 atom stereocenters. The van der Waals surface area contributed by atoms with Gasteiger partial charge in [-0.1, -0.05) is 139 Å². The molecule has 5 heteroatoms. The molecular weight excluding hydrogens is 713 g/mol. The second kappa shape index (κ2) is 11.7. The Bertz CT molecular complexity index is 3690. The van der Waals surface area contributed by atoms with E-state index in [1.165, 1.54) is 75.2 Å². The summed E-state index contributed by atoms with van der Waals surface area (Å²) in [7, 11) is 0. The Hall–Kier alpha value is -7.21. The largest absolute Gasteiger partial charge is 0.309 e. The minimum Gasteiger partial charge on any atom is -0.309 e. The van der Waals surface area contributed by atoms with Crippen LogP contribution in [-0.2, 0) is 0 Å². The van der Waals surface area contributed by atoms with E-state index in [0.29, 0.717) is 5.95 Å². The zero-order valence-corrected chi connectivity index (χ0v) is 31.3. The second-order valence-corrected chi connectivity index (χ2v) is 16.0. The summed E-state index contributed by atoms with van der Waals surface area (Å²) in [4.78, 5) is 13.0. The first-order valence-corrected chi connectivity index (χ1v) is 20.1. The Labute approximate surface area is 331 Å². The summed E-state index contributed by atoms with van der Waals surface area (Å²) >= 11 is 1.80. The van der Waals surface area contributed by atoms with E-state index in [0.717, 1.165) is 38.8 Å². The lowest BCUT2D eigenvalue weighted by atomic mass is 9.99. The molecule has 0 unspecified atom stereocenters. The van der Waals surface area contributed by atoms with Crippen LogP contribution in [0.1, 0.15) is 0 Å². The quantitative estimate of drug-likeness (QED) is 0.169. The molecular formula is C52H30N4S. The molecule has 0 aliphatic carbocycles. The molecule has 1 aliphatic heterocycles. The molecule has 13 rings (SSSR count). The molecule has 12 aromatic rings. The minimum atomic E-state index is 0.684. The van der Waals surface area contributed by atoms with Crippen molar-refractivity contribution in [3.63, 3.8) is 0 Å². The van der Waals surface area contributed by atoms with Gasteiger partial charge in [0.05, 0.1) is 39.0 Å². The monoisotopic (exact) mass is 742 g/mol. The zero-order chi connectivity index (χ0) is 37.2. The van der Waals surface area contributed by atoms with Crippen molar-refractivity contribution in [3.05, 3.63) is 182 Å². The molecule has 0 spiro atoms. The summed E-state index contributed by atoms with van der Waals surface area (Å²) in [5.41, 5.74) is 11.2. The lowest BCUT2D eigenvalue weighted by Gasteiger charge is -2.20. The van der Waals surface area contributed by atoms with Crippen molar-refractivity contribution >= 4 is 87.8 Å². The predicted octanol–water partition coefficient (Wildman–Crippen LogP) is 13.9. The van der Waals surface area contributed by atoms with Gasteiger partial charge in [-0.2, -0.15) is 0 Å². The van der Waals surface area contributed by atoms with Gasteiger partial charge in [0.1, 0.15) is 0 Å². The Kier molecular flexibility index (Phi) is 6.35. The van der Waals surface area contributed by atoms with E-state index in [1.54, 1.807) is 11.8 Å². The van der Waals surface area contributed by atoms with Gasteiger partial charge in [-0.25, -0.2) is 9.97 Å². The maximum absolute atomic E-state index is 5.37. The summed E-state index contributed by atoms with van der Waals surface area (Å²) in [5.74, 6) is 0.684. The van der Waals surface area contributed by atoms with Gasteiger partial charge in [-0.05, 0) is 81.9 Å². The second-order valence-electron chi connectivity index (χ2n) is 15.0. The summed E-state index contributed by atoms with van der Waals surface area (Å²) in [6.07, 6.45) is 0. The topological polar surface area (TPSA) is 35.6 Å². The molecule has 0 saturated heterocycles. The summed E-state index contributed by atoms with van der Waals surface area (Å²) < 4.78 is 4.71. The fraction of sp³-hybridized carbons (Fsp3) is 0. The number of hydrogen-bond donors (Lipinski definition) is 0. The Morgan fingerprint density at radius 3 is 1.89 bits per heavy atom. The van der Waals surface area contributed by atoms with Gasteiger partial charge in [0, 0.05) is 47.7 Å². The van der Waals surface area contributed by atoms with Crippen molar-refractivity contribution in [1.82, 2.24) is 19.1 Å². The van der Waals surface area contributed by atoms with E-state index < -0.39 is 0 Å². The molecule has 0 fully saturated rings. The Morgan fingerprint density at radius 2 is 1.02 bits per heavy atom. The first-order valence-electron chi connectivity index (χ1n) is 19.3. The van der Waals surface area contributed by atoms with E-state index in [-0.39, 0.29) is 0 Å². The summed E-state index contributed by atoms with van der Waals surface area (Å²) in [6, 6.07) is 66.1. The molecule has 0 saturated carbocycles. The molecule has 0 bridgehead atoms. The van der Waals surface area contributed by atoms with Gasteiger partial charge in [0.2, 0.25) is 5.95 Å². The third-order valence-electron chi connectivity index (χ3n) is 11.9. The summed E-state index contributed by atoms with van der Waals surface area (Å²) in [5, 5.41) is 11.0. The van der Waals surface area contributed by atoms with E-state index in [2.05, 4.69) is 191 Å². The van der Waals surface area contributed by atoms with Gasteiger partial charge in [-0.15, -0.1) is 0 Å². The molecule has 4 nitrogen and oxygen atoms in total. The Balaban J connectivity index is 1.04. The third-order valence-corrected chi connectivity index (χ3v) is 13.0. The minimum absolute atomic E-state index is 0.684. The number of fused-ring (bicyclic) bond motifs is 11. The number of benzene rings is 9. The number of rotatable bonds is 3. The van der Waals surface area contributed by atoms with Crippen LogP contribution in [0, 0.1) is 0 Å². The van der Waals surface area contributed by atoms with E-state index in [1.807, 2.05) is 0 Å². The Morgan fingerprint density at radius 1 is 0.386 bits per heavy atom. The molecule has 9 aromatic carbocycles. The van der Waals surface area contributed by atoms with E-state index in [9.17, 15) is 0 Å². The van der Waals surface area contributed by atoms with Crippen LogP contribution in [0.4, 0.5) is 0 Å². The summed E-state index contributed by atoms with van der Waals surface area (Å²) in [6.45, 7) is 0. The number of aromatic nitrogens is 4. The van der Waals surface area contributed by atoms with Crippen LogP contribution in [0.5, 0.6) is 0 Å². The number of hydrogen-bond acceptors (Lipinski definition) is 3. The van der Waals surface area contributed by atoms with Gasteiger partial charge < -0.3 is 4.57 Å². The zero-order valence-electron chi connectivity index (χ0n) is 30.5. The van der Waals surface area contributed by atoms with Crippen molar-refractivity contribution in [1.29, 1.82) is 0 Å². The maximum atomic E-state index is 5.37. The van der Waals surface area contributed by atoms with Crippen LogP contribution in [-0.4, -0.2) is 19.1 Å². The lowest BCUT2D eigenvalue weighted by molar-refractivity contribution is 1.01. The van der Waals surface area contributed by atoms with Gasteiger partial charge in [0.25, 0.3) is 0 Å². The smallest absolute Gasteiger partial charge is 0.235 e. The van der Waals surface area contributed by atoms with E-state index >= 15 is 0 Å². The highest BCUT2D eigenvalue weighted by Gasteiger charge is 2.24. The van der Waals surface area contributed by atoms with Crippen LogP contribution in [0.3, 0.4) is 0 Å². The first kappa shape index (κ1) is 31.0. The fourth-order valence-corrected chi connectivity index (χ4v) is 10.5. The van der Waals surface area contributed by atoms with Crippen LogP contribution in [0.2, 0.25) is 0 Å². The van der Waals surface area contributed by atoms with Crippen molar-refractivity contribution < 1.29 is 0 Å². The maximum Gasteiger partial charge on any atom is 0.235 e. The van der Waals surface area contributed by atoms with Crippen LogP contribution in [0.25, 0.3) is 110 Å². The van der Waals surface area contributed by atoms with E-state index in [4.69, 9.17) is 9.97 Å². The highest BCUT2D eigenvalue weighted by Crippen LogP contribution is 2.47. The van der Waals surface area contributed by atoms with Crippen LogP contribution >= 0.6 is 11.8 Å². The predicted molar refractivity (Wildman–Crippen MR) is 238 cm³/mol. The normalized spacial score (nSPS) is 12.5. The fourth-order valence-electron chi connectivity index (χ4n) is 9.39. The van der Waals surface area contributed by atoms with Crippen LogP contribution < -0.4 is 0 Å². The molecule has 1 aliphatic rings. The molecule has 264 valence electrons. The first-order chi connectivity index (χ1) is 28.3. The lowest BCUT2D eigenvalue weighted by Crippen LogP contribution is -2.05. The molecule has 4 heterocycles. The van der Waals surface area contributed by atoms with Crippen molar-refractivity contribution in [2.24, 2.45) is 0 Å². The van der Waals surface area contributed by atoms with Gasteiger partial charge in [0.15, 0.2) is 0 Å². The third kappa shape index (κ3) is 4.40. The van der Waals surface area contributed by atoms with Gasteiger partial charge in [-0.3, -0.25) is 4.57 Å².